The highest BCUT2D eigenvalue weighted by atomic mass is 35.5. The normalized spacial score (nSPS) is 10.7. The Morgan fingerprint density at radius 1 is 0.781 bits per heavy atom. The summed E-state index contributed by atoms with van der Waals surface area (Å²) in [6.45, 7) is 0. The molecule has 0 bridgehead atoms. The number of benzene rings is 3. The Bertz CT molecular complexity index is 1310. The average Bonchev–Trinajstić information content (AvgIpc) is 2.79. The average molecular weight is 516 g/mol. The second-order valence-corrected chi connectivity index (χ2v) is 9.44. The van der Waals surface area contributed by atoms with E-state index < -0.39 is 0 Å². The quantitative estimate of drug-likeness (QED) is 0.248. The number of halogens is 4. The van der Waals surface area contributed by atoms with Crippen molar-refractivity contribution in [3.05, 3.63) is 104 Å². The predicted molar refractivity (Wildman–Crippen MR) is 136 cm³/mol. The van der Waals surface area contributed by atoms with Gasteiger partial charge < -0.3 is 0 Å². The lowest BCUT2D eigenvalue weighted by Gasteiger charge is -2.14. The highest BCUT2D eigenvalue weighted by Gasteiger charge is 2.18. The Labute approximate surface area is 210 Å². The van der Waals surface area contributed by atoms with Gasteiger partial charge in [0.2, 0.25) is 0 Å². The summed E-state index contributed by atoms with van der Waals surface area (Å²) < 4.78 is 0. The zero-order valence-electron chi connectivity index (χ0n) is 16.4. The Morgan fingerprint density at radius 3 is 2.09 bits per heavy atom. The van der Waals surface area contributed by atoms with E-state index in [1.807, 2.05) is 42.5 Å². The molecule has 2 nitrogen and oxygen atoms in total. The first-order valence-corrected chi connectivity index (χ1v) is 12.0. The van der Waals surface area contributed by atoms with Crippen molar-refractivity contribution in [1.82, 2.24) is 4.98 Å². The molecule has 0 N–H and O–H groups in total. The van der Waals surface area contributed by atoms with Crippen LogP contribution in [-0.2, 0) is 5.75 Å². The van der Waals surface area contributed by atoms with Gasteiger partial charge in [-0.1, -0.05) is 82.8 Å². The molecule has 0 saturated carbocycles. The molecule has 3 aromatic carbocycles. The SMILES string of the molecule is N#Cc1c(-c2ccc(Cl)cc2)cc(-c2ccccc2Cl)nc1SCc1c(Cl)cccc1Cl. The van der Waals surface area contributed by atoms with Crippen molar-refractivity contribution < 1.29 is 0 Å². The molecule has 4 rings (SSSR count). The number of hydrogen-bond donors (Lipinski definition) is 0. The third-order valence-corrected chi connectivity index (χ3v) is 7.11. The van der Waals surface area contributed by atoms with Crippen LogP contribution in [0.4, 0.5) is 0 Å². The number of aromatic nitrogens is 1. The Morgan fingerprint density at radius 2 is 1.44 bits per heavy atom. The van der Waals surface area contributed by atoms with Crippen LogP contribution in [0.15, 0.2) is 77.8 Å². The first-order chi connectivity index (χ1) is 15.5. The molecule has 0 amide bonds. The van der Waals surface area contributed by atoms with Crippen LogP contribution in [0.25, 0.3) is 22.4 Å². The molecule has 0 spiro atoms. The second-order valence-electron chi connectivity index (χ2n) is 6.82. The monoisotopic (exact) mass is 514 g/mol. The molecule has 7 heteroatoms. The minimum absolute atomic E-state index is 0.465. The van der Waals surface area contributed by atoms with E-state index in [9.17, 15) is 5.26 Å². The summed E-state index contributed by atoms with van der Waals surface area (Å²) in [4.78, 5) is 4.80. The molecule has 1 aromatic heterocycles. The van der Waals surface area contributed by atoms with E-state index in [1.165, 1.54) is 11.8 Å². The largest absolute Gasteiger partial charge is 0.240 e. The van der Waals surface area contributed by atoms with Crippen LogP contribution in [0.1, 0.15) is 11.1 Å². The Balaban J connectivity index is 1.86. The Kier molecular flexibility index (Phi) is 7.30. The number of thioether (sulfide) groups is 1. The highest BCUT2D eigenvalue weighted by molar-refractivity contribution is 7.98. The van der Waals surface area contributed by atoms with Crippen molar-refractivity contribution in [2.75, 3.05) is 0 Å². The summed E-state index contributed by atoms with van der Waals surface area (Å²) in [5, 5.41) is 13.0. The van der Waals surface area contributed by atoms with Crippen molar-refractivity contribution in [3.63, 3.8) is 0 Å². The van der Waals surface area contributed by atoms with Gasteiger partial charge in [0.05, 0.1) is 11.3 Å². The minimum atomic E-state index is 0.465. The van der Waals surface area contributed by atoms with E-state index in [-0.39, 0.29) is 0 Å². The van der Waals surface area contributed by atoms with Gasteiger partial charge in [0.15, 0.2) is 0 Å². The van der Waals surface area contributed by atoms with Gasteiger partial charge in [-0.2, -0.15) is 5.26 Å². The van der Waals surface area contributed by atoms with E-state index in [4.69, 9.17) is 51.4 Å². The van der Waals surface area contributed by atoms with Gasteiger partial charge in [0, 0.05) is 37.0 Å². The zero-order valence-corrected chi connectivity index (χ0v) is 20.3. The van der Waals surface area contributed by atoms with Crippen LogP contribution in [0.5, 0.6) is 0 Å². The molecule has 0 atom stereocenters. The van der Waals surface area contributed by atoms with Crippen LogP contribution in [0.3, 0.4) is 0 Å². The van der Waals surface area contributed by atoms with Gasteiger partial charge in [0.1, 0.15) is 11.1 Å². The lowest BCUT2D eigenvalue weighted by Crippen LogP contribution is -1.97. The molecule has 0 aliphatic heterocycles. The molecule has 0 unspecified atom stereocenters. The number of hydrogen-bond acceptors (Lipinski definition) is 3. The lowest BCUT2D eigenvalue weighted by molar-refractivity contribution is 1.12. The van der Waals surface area contributed by atoms with E-state index in [2.05, 4.69) is 6.07 Å². The maximum atomic E-state index is 10.0. The molecule has 0 aliphatic carbocycles. The van der Waals surface area contributed by atoms with Gasteiger partial charge >= 0.3 is 0 Å². The van der Waals surface area contributed by atoms with Crippen molar-refractivity contribution in [3.8, 4) is 28.5 Å². The first kappa shape index (κ1) is 23.0. The standard InChI is InChI=1S/C25H14Cl4N2S/c26-16-10-8-15(9-11-16)18-12-24(17-4-1-2-5-21(17)27)31-25(19(18)13-30)32-14-20-22(28)6-3-7-23(20)29/h1-12H,14H2. The fraction of sp³-hybridized carbons (Fsp3) is 0.0400. The molecule has 0 radical (unpaired) electrons. The topological polar surface area (TPSA) is 36.7 Å². The van der Waals surface area contributed by atoms with Gasteiger partial charge in [-0.3, -0.25) is 0 Å². The van der Waals surface area contributed by atoms with Crippen LogP contribution < -0.4 is 0 Å². The van der Waals surface area contributed by atoms with Gasteiger partial charge in [-0.25, -0.2) is 4.98 Å². The second kappa shape index (κ2) is 10.2. The Hall–Kier alpha value is -2.19. The van der Waals surface area contributed by atoms with Crippen molar-refractivity contribution in [1.29, 1.82) is 5.26 Å². The summed E-state index contributed by atoms with van der Waals surface area (Å²) in [5.74, 6) is 0.465. The fourth-order valence-corrected chi connectivity index (χ4v) is 5.31. The minimum Gasteiger partial charge on any atom is -0.240 e. The molecule has 1 heterocycles. The van der Waals surface area contributed by atoms with E-state index in [0.29, 0.717) is 42.1 Å². The zero-order chi connectivity index (χ0) is 22.7. The summed E-state index contributed by atoms with van der Waals surface area (Å²) in [6.07, 6.45) is 0. The third-order valence-electron chi connectivity index (χ3n) is 4.82. The van der Waals surface area contributed by atoms with Gasteiger partial charge in [-0.15, -0.1) is 11.8 Å². The summed E-state index contributed by atoms with van der Waals surface area (Å²) in [6, 6.07) is 24.4. The molecule has 4 aromatic rings. The van der Waals surface area contributed by atoms with Crippen LogP contribution in [0.2, 0.25) is 20.1 Å². The predicted octanol–water partition coefficient (Wildman–Crippen LogP) is 9.19. The van der Waals surface area contributed by atoms with E-state index >= 15 is 0 Å². The molecular weight excluding hydrogens is 502 g/mol. The molecule has 0 fully saturated rings. The third kappa shape index (κ3) is 4.91. The molecular formula is C25H14Cl4N2S. The fourth-order valence-electron chi connectivity index (χ4n) is 3.21. The van der Waals surface area contributed by atoms with Gasteiger partial charge in [-0.05, 0) is 47.5 Å². The van der Waals surface area contributed by atoms with Crippen molar-refractivity contribution >= 4 is 58.2 Å². The van der Waals surface area contributed by atoms with Crippen molar-refractivity contribution in [2.24, 2.45) is 0 Å². The maximum Gasteiger partial charge on any atom is 0.115 e. The number of pyridine rings is 1. The van der Waals surface area contributed by atoms with Gasteiger partial charge in [0.25, 0.3) is 0 Å². The van der Waals surface area contributed by atoms with Crippen LogP contribution >= 0.6 is 58.2 Å². The maximum absolute atomic E-state index is 10.0. The summed E-state index contributed by atoms with van der Waals surface area (Å²) >= 11 is 26.6. The smallest absolute Gasteiger partial charge is 0.115 e. The number of nitriles is 1. The van der Waals surface area contributed by atoms with E-state index in [1.54, 1.807) is 30.3 Å². The highest BCUT2D eigenvalue weighted by Crippen LogP contribution is 2.38. The molecule has 0 saturated heterocycles. The summed E-state index contributed by atoms with van der Waals surface area (Å²) in [7, 11) is 0. The first-order valence-electron chi connectivity index (χ1n) is 9.49. The van der Waals surface area contributed by atoms with Crippen LogP contribution in [-0.4, -0.2) is 4.98 Å². The molecule has 158 valence electrons. The number of nitrogens with zero attached hydrogens (tertiary/aromatic N) is 2. The summed E-state index contributed by atoms with van der Waals surface area (Å²) in [5.41, 5.74) is 4.33. The van der Waals surface area contributed by atoms with Crippen LogP contribution in [0, 0.1) is 11.3 Å². The number of rotatable bonds is 5. The lowest BCUT2D eigenvalue weighted by atomic mass is 9.99. The molecule has 32 heavy (non-hydrogen) atoms. The van der Waals surface area contributed by atoms with Crippen molar-refractivity contribution in [2.45, 2.75) is 10.8 Å². The van der Waals surface area contributed by atoms with E-state index in [0.717, 1.165) is 22.3 Å². The molecule has 0 aliphatic rings.